The average molecular weight is 724 g/mol. The summed E-state index contributed by atoms with van der Waals surface area (Å²) in [4.78, 5) is 10.7. The largest absolute Gasteiger partial charge is 0.292 e. The summed E-state index contributed by atoms with van der Waals surface area (Å²) >= 11 is 0. The summed E-state index contributed by atoms with van der Waals surface area (Å²) in [5.74, 6) is 0.936. The Bertz CT molecular complexity index is 3410. The first-order valence-corrected chi connectivity index (χ1v) is 19.5. The van der Waals surface area contributed by atoms with Gasteiger partial charge in [0.2, 0.25) is 0 Å². The Morgan fingerprint density at radius 3 is 1.75 bits per heavy atom. The normalized spacial score (nSPS) is 11.9. The van der Waals surface area contributed by atoms with E-state index in [4.69, 9.17) is 9.97 Å². The van der Waals surface area contributed by atoms with Crippen molar-refractivity contribution in [3.8, 4) is 72.8 Å². The Balaban J connectivity index is 1.01. The zero-order valence-electron chi connectivity index (χ0n) is 30.9. The Morgan fingerprint density at radius 2 is 0.912 bits per heavy atom. The van der Waals surface area contributed by atoms with Crippen molar-refractivity contribution in [1.29, 1.82) is 0 Å². The molecule has 0 atom stereocenters. The molecule has 0 saturated carbocycles. The predicted octanol–water partition coefficient (Wildman–Crippen LogP) is 14.2. The zero-order valence-corrected chi connectivity index (χ0v) is 30.9. The second kappa shape index (κ2) is 12.5. The number of rotatable bonds is 3. The van der Waals surface area contributed by atoms with Crippen LogP contribution in [0.25, 0.3) is 116 Å². The summed E-state index contributed by atoms with van der Waals surface area (Å²) in [6, 6.07) is 72.3. The zero-order chi connectivity index (χ0) is 37.5. The lowest BCUT2D eigenvalue weighted by atomic mass is 9.81. The molecule has 57 heavy (non-hydrogen) atoms. The van der Waals surface area contributed by atoms with E-state index < -0.39 is 0 Å². The van der Waals surface area contributed by atoms with Crippen molar-refractivity contribution >= 4 is 43.5 Å². The molecule has 1 aliphatic carbocycles. The van der Waals surface area contributed by atoms with Gasteiger partial charge in [0.25, 0.3) is 0 Å². The third kappa shape index (κ3) is 4.99. The summed E-state index contributed by atoms with van der Waals surface area (Å²) in [6.45, 7) is 0. The maximum atomic E-state index is 5.53. The van der Waals surface area contributed by atoms with Gasteiger partial charge in [0.15, 0.2) is 0 Å². The molecule has 2 heterocycles. The molecular weight excluding hydrogens is 691 g/mol. The van der Waals surface area contributed by atoms with Gasteiger partial charge in [-0.1, -0.05) is 152 Å². The molecule has 0 fully saturated rings. The van der Waals surface area contributed by atoms with Crippen molar-refractivity contribution in [2.24, 2.45) is 0 Å². The van der Waals surface area contributed by atoms with Crippen molar-refractivity contribution in [2.45, 2.75) is 0 Å². The Hall–Kier alpha value is -7.62. The Morgan fingerprint density at radius 1 is 0.333 bits per heavy atom. The van der Waals surface area contributed by atoms with Crippen molar-refractivity contribution in [3.63, 3.8) is 0 Å². The molecule has 0 N–H and O–H groups in total. The van der Waals surface area contributed by atoms with Crippen LogP contribution in [0.4, 0.5) is 0 Å². The molecule has 2 aromatic heterocycles. The molecular formula is C54H33N3. The third-order valence-corrected chi connectivity index (χ3v) is 11.7. The molecule has 3 heteroatoms. The molecule has 9 aromatic carbocycles. The van der Waals surface area contributed by atoms with E-state index in [1.807, 2.05) is 0 Å². The lowest BCUT2D eigenvalue weighted by molar-refractivity contribution is 1.10. The highest BCUT2D eigenvalue weighted by molar-refractivity contribution is 6.10. The molecule has 0 radical (unpaired) electrons. The second-order valence-corrected chi connectivity index (χ2v) is 15.0. The molecule has 0 saturated heterocycles. The van der Waals surface area contributed by atoms with Gasteiger partial charge >= 0.3 is 0 Å². The van der Waals surface area contributed by atoms with Crippen molar-refractivity contribution in [2.75, 3.05) is 0 Å². The molecule has 0 spiro atoms. The number of hydrogen-bond acceptors (Lipinski definition) is 2. The highest BCUT2D eigenvalue weighted by Gasteiger charge is 2.24. The molecule has 0 amide bonds. The first kappa shape index (κ1) is 31.7. The van der Waals surface area contributed by atoms with Crippen LogP contribution in [-0.4, -0.2) is 14.5 Å². The molecule has 264 valence electrons. The molecule has 0 bridgehead atoms. The van der Waals surface area contributed by atoms with Crippen LogP contribution >= 0.6 is 0 Å². The highest BCUT2D eigenvalue weighted by Crippen LogP contribution is 2.49. The SMILES string of the molecule is c1ccc(-n2c(-c3ccc4cc(-c5ccc6c(c5)-c5ccccc5-c5nc7c(ccc8ccccc87)cc5-c5ccccc5-6)ccc4c3)nc3ccccc32)cc1. The van der Waals surface area contributed by atoms with Gasteiger partial charge < -0.3 is 0 Å². The quantitative estimate of drug-likeness (QED) is 0.170. The van der Waals surface area contributed by atoms with Crippen LogP contribution in [0.2, 0.25) is 0 Å². The van der Waals surface area contributed by atoms with E-state index in [0.29, 0.717) is 0 Å². The van der Waals surface area contributed by atoms with Crippen molar-refractivity contribution < 1.29 is 0 Å². The van der Waals surface area contributed by atoms with Gasteiger partial charge in [-0.05, 0) is 104 Å². The number of aromatic nitrogens is 3. The van der Waals surface area contributed by atoms with E-state index in [2.05, 4.69) is 205 Å². The topological polar surface area (TPSA) is 30.7 Å². The summed E-state index contributed by atoms with van der Waals surface area (Å²) in [6.07, 6.45) is 0. The minimum absolute atomic E-state index is 0.936. The van der Waals surface area contributed by atoms with E-state index in [-0.39, 0.29) is 0 Å². The van der Waals surface area contributed by atoms with Gasteiger partial charge in [-0.2, -0.15) is 0 Å². The molecule has 0 unspecified atom stereocenters. The molecule has 0 aliphatic heterocycles. The third-order valence-electron chi connectivity index (χ3n) is 11.7. The van der Waals surface area contributed by atoms with Gasteiger partial charge in [-0.3, -0.25) is 4.57 Å². The summed E-state index contributed by atoms with van der Waals surface area (Å²) in [5, 5.41) is 5.88. The second-order valence-electron chi connectivity index (χ2n) is 15.0. The van der Waals surface area contributed by atoms with Crippen LogP contribution < -0.4 is 0 Å². The number of fused-ring (bicyclic) bond motifs is 13. The van der Waals surface area contributed by atoms with E-state index in [1.54, 1.807) is 0 Å². The Labute approximate surface area is 329 Å². The van der Waals surface area contributed by atoms with E-state index >= 15 is 0 Å². The monoisotopic (exact) mass is 723 g/mol. The van der Waals surface area contributed by atoms with Crippen LogP contribution in [0.5, 0.6) is 0 Å². The van der Waals surface area contributed by atoms with Crippen LogP contribution in [-0.2, 0) is 0 Å². The number of nitrogens with zero attached hydrogens (tertiary/aromatic N) is 3. The maximum absolute atomic E-state index is 5.53. The number of para-hydroxylation sites is 3. The fourth-order valence-electron chi connectivity index (χ4n) is 9.00. The highest BCUT2D eigenvalue weighted by atomic mass is 15.1. The number of hydrogen-bond donors (Lipinski definition) is 0. The maximum Gasteiger partial charge on any atom is 0.145 e. The van der Waals surface area contributed by atoms with Crippen LogP contribution in [0.15, 0.2) is 200 Å². The van der Waals surface area contributed by atoms with E-state index in [0.717, 1.165) is 55.8 Å². The minimum atomic E-state index is 0.936. The first-order chi connectivity index (χ1) is 28.2. The fraction of sp³-hybridized carbons (Fsp3) is 0. The van der Waals surface area contributed by atoms with Gasteiger partial charge in [-0.15, -0.1) is 0 Å². The molecule has 11 aromatic rings. The smallest absolute Gasteiger partial charge is 0.145 e. The lowest BCUT2D eigenvalue weighted by Gasteiger charge is -2.23. The van der Waals surface area contributed by atoms with Crippen LogP contribution in [0.1, 0.15) is 0 Å². The first-order valence-electron chi connectivity index (χ1n) is 19.5. The van der Waals surface area contributed by atoms with Crippen LogP contribution in [0, 0.1) is 0 Å². The molecule has 1 aliphatic rings. The summed E-state index contributed by atoms with van der Waals surface area (Å²) in [5.41, 5.74) is 17.0. The summed E-state index contributed by atoms with van der Waals surface area (Å²) < 4.78 is 2.26. The molecule has 12 rings (SSSR count). The summed E-state index contributed by atoms with van der Waals surface area (Å²) in [7, 11) is 0. The Kier molecular flexibility index (Phi) is 6.93. The minimum Gasteiger partial charge on any atom is -0.292 e. The van der Waals surface area contributed by atoms with E-state index in [9.17, 15) is 0 Å². The number of imidazole rings is 1. The van der Waals surface area contributed by atoms with E-state index in [1.165, 1.54) is 60.5 Å². The standard InChI is InChI=1S/C54H33N3/c1-2-13-41(14-3-1)57-51-21-11-10-20-50(51)55-54(57)40-27-25-35-30-36(23-24-37(35)31-40)38-28-29-46-43-16-6-7-17-44(43)49-33-39-26-22-34-12-4-5-15-42(34)52(39)56-53(49)47-19-9-8-18-45(47)48(46)32-38/h1-33H. The van der Waals surface area contributed by atoms with Gasteiger partial charge in [-0.25, -0.2) is 9.97 Å². The number of pyridine rings is 1. The van der Waals surface area contributed by atoms with Gasteiger partial charge in [0.05, 0.1) is 22.2 Å². The van der Waals surface area contributed by atoms with Crippen molar-refractivity contribution in [1.82, 2.24) is 14.5 Å². The van der Waals surface area contributed by atoms with Crippen LogP contribution in [0.3, 0.4) is 0 Å². The number of benzene rings is 9. The van der Waals surface area contributed by atoms with Gasteiger partial charge in [0, 0.05) is 33.2 Å². The lowest BCUT2D eigenvalue weighted by Crippen LogP contribution is -2.00. The predicted molar refractivity (Wildman–Crippen MR) is 238 cm³/mol. The average Bonchev–Trinajstić information content (AvgIpc) is 3.68. The van der Waals surface area contributed by atoms with Crippen molar-refractivity contribution in [3.05, 3.63) is 200 Å². The van der Waals surface area contributed by atoms with Gasteiger partial charge in [0.1, 0.15) is 5.82 Å². The fourth-order valence-corrected chi connectivity index (χ4v) is 9.00. The molecule has 3 nitrogen and oxygen atoms in total.